The zero-order valence-corrected chi connectivity index (χ0v) is 16.5. The van der Waals surface area contributed by atoms with E-state index < -0.39 is 0 Å². The Hall–Kier alpha value is -3.22. The second-order valence-electron chi connectivity index (χ2n) is 7.68. The minimum atomic E-state index is -0.306. The van der Waals surface area contributed by atoms with Crippen molar-refractivity contribution in [3.8, 4) is 11.5 Å². The summed E-state index contributed by atoms with van der Waals surface area (Å²) < 4.78 is 10.5. The number of para-hydroxylation sites is 1. The molecular weight excluding hydrogens is 370 g/mol. The molecular formula is C22H25N3O4. The lowest BCUT2D eigenvalue weighted by Gasteiger charge is -2.53. The van der Waals surface area contributed by atoms with E-state index in [1.807, 2.05) is 47.4 Å². The van der Waals surface area contributed by atoms with Crippen molar-refractivity contribution in [2.45, 2.75) is 12.8 Å². The molecule has 2 aromatic rings. The van der Waals surface area contributed by atoms with E-state index in [0.717, 1.165) is 37.4 Å². The smallest absolute Gasteiger partial charge is 0.415 e. The molecule has 3 amide bonds. The van der Waals surface area contributed by atoms with E-state index in [2.05, 4.69) is 5.32 Å². The molecule has 4 rings (SSSR count). The van der Waals surface area contributed by atoms with Gasteiger partial charge in [-0.15, -0.1) is 0 Å². The number of likely N-dealkylation sites (tertiary alicyclic amines) is 2. The van der Waals surface area contributed by atoms with E-state index in [9.17, 15) is 9.59 Å². The number of methoxy groups -OCH3 is 1. The molecule has 2 aromatic carbocycles. The van der Waals surface area contributed by atoms with Crippen LogP contribution in [0.3, 0.4) is 0 Å². The second-order valence-corrected chi connectivity index (χ2v) is 7.68. The fourth-order valence-electron chi connectivity index (χ4n) is 3.92. The van der Waals surface area contributed by atoms with E-state index in [4.69, 9.17) is 9.47 Å². The fourth-order valence-corrected chi connectivity index (χ4v) is 3.92. The number of rotatable bonds is 3. The molecule has 7 heteroatoms. The highest BCUT2D eigenvalue weighted by atomic mass is 16.6. The molecule has 2 saturated heterocycles. The third kappa shape index (κ3) is 4.29. The molecule has 2 fully saturated rings. The first-order valence-electron chi connectivity index (χ1n) is 9.79. The Kier molecular flexibility index (Phi) is 5.29. The van der Waals surface area contributed by atoms with Crippen LogP contribution >= 0.6 is 0 Å². The van der Waals surface area contributed by atoms with E-state index in [-0.39, 0.29) is 17.5 Å². The Bertz CT molecular complexity index is 853. The van der Waals surface area contributed by atoms with Crippen LogP contribution in [0.1, 0.15) is 12.8 Å². The monoisotopic (exact) mass is 395 g/mol. The highest BCUT2D eigenvalue weighted by Crippen LogP contribution is 2.40. The van der Waals surface area contributed by atoms with Crippen LogP contribution in [0.4, 0.5) is 15.3 Å². The van der Waals surface area contributed by atoms with Gasteiger partial charge in [0.05, 0.1) is 7.11 Å². The van der Waals surface area contributed by atoms with E-state index in [0.29, 0.717) is 18.8 Å². The number of urea groups is 1. The molecule has 1 spiro atoms. The average molecular weight is 395 g/mol. The molecule has 0 radical (unpaired) electrons. The molecule has 0 bridgehead atoms. The van der Waals surface area contributed by atoms with Crippen LogP contribution in [0.25, 0.3) is 0 Å². The first-order valence-corrected chi connectivity index (χ1v) is 9.79. The predicted octanol–water partition coefficient (Wildman–Crippen LogP) is 3.82. The molecule has 2 aliphatic heterocycles. The average Bonchev–Trinajstić information content (AvgIpc) is 2.73. The van der Waals surface area contributed by atoms with Crippen molar-refractivity contribution in [2.75, 3.05) is 38.6 Å². The minimum absolute atomic E-state index is 0.0910. The largest absolute Gasteiger partial charge is 0.497 e. The Labute approximate surface area is 170 Å². The molecule has 152 valence electrons. The molecule has 0 aliphatic carbocycles. The van der Waals surface area contributed by atoms with Crippen molar-refractivity contribution in [1.82, 2.24) is 9.80 Å². The predicted molar refractivity (Wildman–Crippen MR) is 109 cm³/mol. The van der Waals surface area contributed by atoms with Gasteiger partial charge in [0.2, 0.25) is 0 Å². The van der Waals surface area contributed by atoms with Gasteiger partial charge in [0, 0.05) is 37.3 Å². The van der Waals surface area contributed by atoms with Crippen molar-refractivity contribution < 1.29 is 19.1 Å². The summed E-state index contributed by atoms with van der Waals surface area (Å²) in [6, 6.07) is 16.3. The van der Waals surface area contributed by atoms with Crippen molar-refractivity contribution in [3.63, 3.8) is 0 Å². The van der Waals surface area contributed by atoms with E-state index in [1.165, 1.54) is 0 Å². The van der Waals surface area contributed by atoms with Gasteiger partial charge in [-0.1, -0.05) is 18.2 Å². The van der Waals surface area contributed by atoms with Gasteiger partial charge in [0.25, 0.3) is 0 Å². The minimum Gasteiger partial charge on any atom is -0.497 e. The Morgan fingerprint density at radius 2 is 1.55 bits per heavy atom. The molecule has 0 aromatic heterocycles. The zero-order valence-electron chi connectivity index (χ0n) is 16.5. The molecule has 2 aliphatic rings. The van der Waals surface area contributed by atoms with Gasteiger partial charge in [-0.05, 0) is 49.2 Å². The number of carbonyl (C=O) groups excluding carboxylic acids is 2. The molecule has 7 nitrogen and oxygen atoms in total. The fraction of sp³-hybridized carbons (Fsp3) is 0.364. The van der Waals surface area contributed by atoms with E-state index >= 15 is 0 Å². The van der Waals surface area contributed by atoms with Crippen LogP contribution in [0.15, 0.2) is 54.6 Å². The highest BCUT2D eigenvalue weighted by Gasteiger charge is 2.47. The standard InChI is InChI=1S/C22H25N3O4/c1-28-18-9-7-17(8-10-18)23-20(26)25-15-22(16-25)11-13-24(14-12-22)21(27)29-19-5-3-2-4-6-19/h2-10H,11-16H2,1H3,(H,23,26). The lowest BCUT2D eigenvalue weighted by atomic mass is 9.72. The Morgan fingerprint density at radius 3 is 2.17 bits per heavy atom. The van der Waals surface area contributed by atoms with Crippen LogP contribution in [0.5, 0.6) is 11.5 Å². The van der Waals surface area contributed by atoms with Crippen LogP contribution in [0.2, 0.25) is 0 Å². The molecule has 0 saturated carbocycles. The van der Waals surface area contributed by atoms with Gasteiger partial charge < -0.3 is 24.6 Å². The summed E-state index contributed by atoms with van der Waals surface area (Å²) in [5.74, 6) is 1.31. The number of hydrogen-bond donors (Lipinski definition) is 1. The van der Waals surface area contributed by atoms with Crippen molar-refractivity contribution in [1.29, 1.82) is 0 Å². The zero-order chi connectivity index (χ0) is 20.3. The van der Waals surface area contributed by atoms with Gasteiger partial charge in [0.15, 0.2) is 0 Å². The molecule has 1 N–H and O–H groups in total. The molecule has 29 heavy (non-hydrogen) atoms. The Morgan fingerprint density at radius 1 is 0.897 bits per heavy atom. The summed E-state index contributed by atoms with van der Waals surface area (Å²) in [7, 11) is 1.61. The van der Waals surface area contributed by atoms with Gasteiger partial charge in [-0.3, -0.25) is 0 Å². The third-order valence-corrected chi connectivity index (χ3v) is 5.71. The normalized spacial score (nSPS) is 17.4. The van der Waals surface area contributed by atoms with Crippen LogP contribution in [-0.4, -0.2) is 55.2 Å². The summed E-state index contributed by atoms with van der Waals surface area (Å²) in [6.45, 7) is 2.74. The lowest BCUT2D eigenvalue weighted by Crippen LogP contribution is -2.63. The van der Waals surface area contributed by atoms with Crippen molar-refractivity contribution >= 4 is 17.8 Å². The highest BCUT2D eigenvalue weighted by molar-refractivity contribution is 5.90. The lowest BCUT2D eigenvalue weighted by molar-refractivity contribution is -0.0137. The van der Waals surface area contributed by atoms with Gasteiger partial charge in [0.1, 0.15) is 11.5 Å². The number of ether oxygens (including phenoxy) is 2. The van der Waals surface area contributed by atoms with Crippen molar-refractivity contribution in [2.24, 2.45) is 5.41 Å². The SMILES string of the molecule is COc1ccc(NC(=O)N2CC3(CCN(C(=O)Oc4ccccc4)CC3)C2)cc1. The second kappa shape index (κ2) is 8.03. The maximum Gasteiger partial charge on any atom is 0.415 e. The first kappa shape index (κ1) is 19.1. The van der Waals surface area contributed by atoms with Gasteiger partial charge >= 0.3 is 12.1 Å². The summed E-state index contributed by atoms with van der Waals surface area (Å²) in [5.41, 5.74) is 0.857. The quantitative estimate of drug-likeness (QED) is 0.858. The molecule has 2 heterocycles. The molecule has 0 unspecified atom stereocenters. The van der Waals surface area contributed by atoms with Crippen LogP contribution in [-0.2, 0) is 0 Å². The van der Waals surface area contributed by atoms with Gasteiger partial charge in [-0.25, -0.2) is 9.59 Å². The number of anilines is 1. The summed E-state index contributed by atoms with van der Waals surface area (Å²) in [6.07, 6.45) is 1.45. The van der Waals surface area contributed by atoms with Gasteiger partial charge in [-0.2, -0.15) is 0 Å². The van der Waals surface area contributed by atoms with Crippen LogP contribution in [0, 0.1) is 5.41 Å². The van der Waals surface area contributed by atoms with E-state index in [1.54, 1.807) is 24.1 Å². The third-order valence-electron chi connectivity index (χ3n) is 5.71. The Balaban J connectivity index is 1.23. The number of benzene rings is 2. The number of amides is 3. The number of carbonyl (C=O) groups is 2. The number of nitrogens with one attached hydrogen (secondary N) is 1. The number of nitrogens with zero attached hydrogens (tertiary/aromatic N) is 2. The maximum atomic E-state index is 12.4. The summed E-state index contributed by atoms with van der Waals surface area (Å²) >= 11 is 0. The number of piperidine rings is 1. The summed E-state index contributed by atoms with van der Waals surface area (Å²) in [4.78, 5) is 28.3. The topological polar surface area (TPSA) is 71.1 Å². The first-order chi connectivity index (χ1) is 14.1. The van der Waals surface area contributed by atoms with Crippen molar-refractivity contribution in [3.05, 3.63) is 54.6 Å². The maximum absolute atomic E-state index is 12.4. The molecule has 0 atom stereocenters. The summed E-state index contributed by atoms with van der Waals surface area (Å²) in [5, 5.41) is 2.92. The number of hydrogen-bond acceptors (Lipinski definition) is 4. The van der Waals surface area contributed by atoms with Crippen LogP contribution < -0.4 is 14.8 Å².